The first kappa shape index (κ1) is 32.1. The van der Waals surface area contributed by atoms with E-state index in [4.69, 9.17) is 0 Å². The third kappa shape index (κ3) is 10.5. The van der Waals surface area contributed by atoms with Crippen molar-refractivity contribution in [3.8, 4) is 0 Å². The molecule has 0 saturated heterocycles. The molecule has 0 unspecified atom stereocenters. The summed E-state index contributed by atoms with van der Waals surface area (Å²) in [4.78, 5) is 25.6. The van der Waals surface area contributed by atoms with Crippen LogP contribution in [-0.4, -0.2) is 47.7 Å². The first-order valence-corrected chi connectivity index (χ1v) is 13.1. The van der Waals surface area contributed by atoms with Gasteiger partial charge in [0.15, 0.2) is 0 Å². The molecule has 0 aliphatic rings. The molecule has 5 N–H and O–H groups in total. The molecular formula is C29H41F3N4O3. The number of rotatable bonds is 12. The first-order chi connectivity index (χ1) is 18.1. The van der Waals surface area contributed by atoms with Crippen molar-refractivity contribution >= 4 is 17.5 Å². The third-order valence-electron chi connectivity index (χ3n) is 6.08. The molecule has 2 rings (SSSR count). The van der Waals surface area contributed by atoms with Crippen LogP contribution in [-0.2, 0) is 17.5 Å². The number of aryl methyl sites for hydroxylation is 2. The van der Waals surface area contributed by atoms with E-state index in [1.165, 1.54) is 6.07 Å². The summed E-state index contributed by atoms with van der Waals surface area (Å²) in [6.45, 7) is 11.8. The number of carbonyl (C=O) groups excluding carboxylic acids is 2. The quantitative estimate of drug-likeness (QED) is 0.264. The van der Waals surface area contributed by atoms with Gasteiger partial charge in [0.1, 0.15) is 0 Å². The second-order valence-corrected chi connectivity index (χ2v) is 10.9. The number of halogens is 3. The standard InChI is InChI=1S/C29H41F3N4O3/c1-7-8-25(37)24(16-33-15-20-10-9-18(2)13-19(20)3)35-26(38)17-34-27(39)22-14-21(29(30,31)32)11-12-23(22)36-28(4,5)6/h9-14,24-25,33,36-37H,7-8,15-17H2,1-6H3,(H,34,39)(H,35,38)/t24-,25-/m0/s1. The van der Waals surface area contributed by atoms with Crippen molar-refractivity contribution in [2.45, 2.75) is 84.8 Å². The lowest BCUT2D eigenvalue weighted by atomic mass is 10.0. The van der Waals surface area contributed by atoms with Gasteiger partial charge in [0.05, 0.1) is 29.8 Å². The number of hydrogen-bond donors (Lipinski definition) is 5. The average Bonchev–Trinajstić information content (AvgIpc) is 2.82. The fourth-order valence-corrected chi connectivity index (χ4v) is 4.12. The van der Waals surface area contributed by atoms with E-state index < -0.39 is 47.8 Å². The number of carbonyl (C=O) groups is 2. The maximum atomic E-state index is 13.3. The Morgan fingerprint density at radius 3 is 2.31 bits per heavy atom. The fourth-order valence-electron chi connectivity index (χ4n) is 4.12. The molecule has 39 heavy (non-hydrogen) atoms. The second-order valence-electron chi connectivity index (χ2n) is 10.9. The molecule has 10 heteroatoms. The maximum Gasteiger partial charge on any atom is 0.416 e. The Hall–Kier alpha value is -3.11. The Labute approximate surface area is 229 Å². The van der Waals surface area contributed by atoms with Gasteiger partial charge in [0.2, 0.25) is 5.91 Å². The molecule has 2 aromatic carbocycles. The molecule has 0 saturated carbocycles. The minimum Gasteiger partial charge on any atom is -0.391 e. The number of benzene rings is 2. The minimum atomic E-state index is -4.63. The summed E-state index contributed by atoms with van der Waals surface area (Å²) >= 11 is 0. The Bertz CT molecular complexity index is 1130. The van der Waals surface area contributed by atoms with Gasteiger partial charge in [-0.25, -0.2) is 0 Å². The molecular weight excluding hydrogens is 509 g/mol. The van der Waals surface area contributed by atoms with Crippen molar-refractivity contribution in [3.05, 3.63) is 64.2 Å². The highest BCUT2D eigenvalue weighted by atomic mass is 19.4. The van der Waals surface area contributed by atoms with Gasteiger partial charge >= 0.3 is 6.18 Å². The average molecular weight is 551 g/mol. The van der Waals surface area contributed by atoms with E-state index in [-0.39, 0.29) is 11.3 Å². The van der Waals surface area contributed by atoms with Crippen molar-refractivity contribution in [1.82, 2.24) is 16.0 Å². The third-order valence-corrected chi connectivity index (χ3v) is 6.08. The van der Waals surface area contributed by atoms with Crippen LogP contribution in [0.5, 0.6) is 0 Å². The summed E-state index contributed by atoms with van der Waals surface area (Å²) < 4.78 is 39.9. The molecule has 0 aromatic heterocycles. The summed E-state index contributed by atoms with van der Waals surface area (Å²) in [6, 6.07) is 8.39. The molecule has 0 aliphatic heterocycles. The lowest BCUT2D eigenvalue weighted by molar-refractivity contribution is -0.137. The zero-order valence-electron chi connectivity index (χ0n) is 23.6. The predicted molar refractivity (Wildman–Crippen MR) is 148 cm³/mol. The Balaban J connectivity index is 2.07. The lowest BCUT2D eigenvalue weighted by Gasteiger charge is -2.25. The first-order valence-electron chi connectivity index (χ1n) is 13.1. The Morgan fingerprint density at radius 2 is 1.72 bits per heavy atom. The van der Waals surface area contributed by atoms with Crippen LogP contribution in [0.15, 0.2) is 36.4 Å². The van der Waals surface area contributed by atoms with Crippen LogP contribution in [0.4, 0.5) is 18.9 Å². The fraction of sp³-hybridized carbons (Fsp3) is 0.517. The summed E-state index contributed by atoms with van der Waals surface area (Å²) in [5.74, 6) is -1.38. The van der Waals surface area contributed by atoms with Crippen LogP contribution in [0, 0.1) is 13.8 Å². The highest BCUT2D eigenvalue weighted by Gasteiger charge is 2.32. The van der Waals surface area contributed by atoms with Gasteiger partial charge in [-0.1, -0.05) is 37.1 Å². The largest absolute Gasteiger partial charge is 0.416 e. The van der Waals surface area contributed by atoms with Crippen molar-refractivity contribution in [1.29, 1.82) is 0 Å². The van der Waals surface area contributed by atoms with Crippen LogP contribution >= 0.6 is 0 Å². The highest BCUT2D eigenvalue weighted by molar-refractivity contribution is 6.01. The van der Waals surface area contributed by atoms with Crippen LogP contribution in [0.2, 0.25) is 0 Å². The van der Waals surface area contributed by atoms with E-state index in [0.29, 0.717) is 25.9 Å². The zero-order valence-corrected chi connectivity index (χ0v) is 23.6. The van der Waals surface area contributed by atoms with E-state index in [1.54, 1.807) is 0 Å². The number of hydrogen-bond acceptors (Lipinski definition) is 5. The smallest absolute Gasteiger partial charge is 0.391 e. The number of aliphatic hydroxyl groups is 1. The Kier molecular flexibility index (Phi) is 11.4. The van der Waals surface area contributed by atoms with Gasteiger partial charge in [0, 0.05) is 24.3 Å². The van der Waals surface area contributed by atoms with E-state index >= 15 is 0 Å². The number of alkyl halides is 3. The molecule has 2 atom stereocenters. The van der Waals surface area contributed by atoms with E-state index in [1.807, 2.05) is 53.7 Å². The number of aliphatic hydroxyl groups excluding tert-OH is 1. The maximum absolute atomic E-state index is 13.3. The van der Waals surface area contributed by atoms with Gasteiger partial charge in [0.25, 0.3) is 5.91 Å². The van der Waals surface area contributed by atoms with Crippen LogP contribution in [0.1, 0.15) is 73.1 Å². The monoisotopic (exact) mass is 550 g/mol. The van der Waals surface area contributed by atoms with Crippen molar-refractivity contribution < 1.29 is 27.9 Å². The van der Waals surface area contributed by atoms with Crippen molar-refractivity contribution in [3.63, 3.8) is 0 Å². The Morgan fingerprint density at radius 1 is 1.03 bits per heavy atom. The van der Waals surface area contributed by atoms with Gasteiger partial charge in [-0.05, 0) is 70.4 Å². The van der Waals surface area contributed by atoms with E-state index in [0.717, 1.165) is 28.8 Å². The van der Waals surface area contributed by atoms with Gasteiger partial charge < -0.3 is 26.4 Å². The molecule has 0 fully saturated rings. The molecule has 216 valence electrons. The number of nitrogens with one attached hydrogen (secondary N) is 4. The summed E-state index contributed by atoms with van der Waals surface area (Å²) in [6.07, 6.45) is -4.26. The summed E-state index contributed by atoms with van der Waals surface area (Å²) in [7, 11) is 0. The van der Waals surface area contributed by atoms with Gasteiger partial charge in [-0.15, -0.1) is 0 Å². The van der Waals surface area contributed by atoms with Gasteiger partial charge in [-0.2, -0.15) is 13.2 Å². The normalized spacial score (nSPS) is 13.5. The van der Waals surface area contributed by atoms with Crippen LogP contribution < -0.4 is 21.3 Å². The van der Waals surface area contributed by atoms with Crippen LogP contribution in [0.25, 0.3) is 0 Å². The van der Waals surface area contributed by atoms with E-state index in [2.05, 4.69) is 27.3 Å². The molecule has 0 aliphatic carbocycles. The second kappa shape index (κ2) is 13.8. The highest BCUT2D eigenvalue weighted by Crippen LogP contribution is 2.32. The summed E-state index contributed by atoms with van der Waals surface area (Å²) in [5, 5.41) is 22.1. The van der Waals surface area contributed by atoms with E-state index in [9.17, 15) is 27.9 Å². The van der Waals surface area contributed by atoms with Gasteiger partial charge in [-0.3, -0.25) is 9.59 Å². The summed E-state index contributed by atoms with van der Waals surface area (Å²) in [5.41, 5.74) is 1.92. The minimum absolute atomic E-state index is 0.217. The molecule has 7 nitrogen and oxygen atoms in total. The molecule has 2 amide bonds. The topological polar surface area (TPSA) is 102 Å². The predicted octanol–water partition coefficient (Wildman–Crippen LogP) is 4.70. The van der Waals surface area contributed by atoms with Crippen LogP contribution in [0.3, 0.4) is 0 Å². The van der Waals surface area contributed by atoms with Crippen molar-refractivity contribution in [2.75, 3.05) is 18.4 Å². The molecule has 0 heterocycles. The number of anilines is 1. The number of amides is 2. The zero-order chi connectivity index (χ0) is 29.4. The SMILES string of the molecule is CCC[C@H](O)[C@H](CNCc1ccc(C)cc1C)NC(=O)CNC(=O)c1cc(C(F)(F)F)ccc1NC(C)(C)C. The molecule has 2 aromatic rings. The lowest BCUT2D eigenvalue weighted by Crippen LogP contribution is -2.51. The molecule has 0 spiro atoms. The molecule has 0 radical (unpaired) electrons. The van der Waals surface area contributed by atoms with Crippen molar-refractivity contribution in [2.24, 2.45) is 0 Å². The molecule has 0 bridgehead atoms.